The maximum atomic E-state index is 5.26. The molecular weight excluding hydrogens is 878 g/mol. The Morgan fingerprint density at radius 3 is 1.35 bits per heavy atom. The minimum atomic E-state index is 0. The third kappa shape index (κ3) is 7.85. The first-order valence-corrected chi connectivity index (χ1v) is 20.8. The molecule has 297 valence electrons. The Kier molecular flexibility index (Phi) is 12.2. The number of fused-ring (bicyclic) bond motifs is 3. The van der Waals surface area contributed by atoms with Gasteiger partial charge in [0.25, 0.3) is 0 Å². The van der Waals surface area contributed by atoms with Crippen LogP contribution >= 0.6 is 0 Å². The summed E-state index contributed by atoms with van der Waals surface area (Å²) in [5.74, 6) is 1.61. The van der Waals surface area contributed by atoms with Crippen LogP contribution in [-0.4, -0.2) is 4.98 Å². The smallest absolute Gasteiger partial charge is 0.0639 e. The molecule has 3 aliphatic heterocycles. The van der Waals surface area contributed by atoms with Crippen LogP contribution in [0.1, 0.15) is 124 Å². The van der Waals surface area contributed by atoms with Crippen LogP contribution in [0.4, 0.5) is 22.7 Å². The first-order valence-electron chi connectivity index (χ1n) is 20.8. The number of para-hydroxylation sites is 4. The summed E-state index contributed by atoms with van der Waals surface area (Å²) < 4.78 is 0. The van der Waals surface area contributed by atoms with E-state index in [0.29, 0.717) is 23.7 Å². The van der Waals surface area contributed by atoms with Crippen molar-refractivity contribution in [2.75, 3.05) is 9.80 Å². The fourth-order valence-electron chi connectivity index (χ4n) is 8.75. The van der Waals surface area contributed by atoms with Crippen molar-refractivity contribution in [2.24, 2.45) is 0 Å². The van der Waals surface area contributed by atoms with Crippen LogP contribution in [0.15, 0.2) is 115 Å². The Hall–Kier alpha value is -4.61. The molecule has 1 radical (unpaired) electrons. The number of benzene rings is 5. The summed E-state index contributed by atoms with van der Waals surface area (Å²) >= 11 is 0. The van der Waals surface area contributed by atoms with Gasteiger partial charge in [-0.2, -0.15) is 0 Å². The fourth-order valence-corrected chi connectivity index (χ4v) is 8.75. The summed E-state index contributed by atoms with van der Waals surface area (Å²) in [6.07, 6.45) is 6.04. The normalized spacial score (nSPS) is 13.7. The summed E-state index contributed by atoms with van der Waals surface area (Å²) in [4.78, 5) is 14.9. The van der Waals surface area contributed by atoms with Crippen LogP contribution in [-0.2, 0) is 48.1 Å². The standard InChI is InChI=1S/C40H48N3.C12H8N.Au/c1-25(2)32-11-9-12-33(26(3)4)38(32)42-24-43(39-34(27(5)6)13-10-14-35(39)28(7)8)40-36-22-20-30-17-15-29(16-18-30)19-21-31(23-41-36)37(40)42;1-3-7-11-9(5-1)10-6-2-4-8-12(10)13-11;/h9-18,23-28H,19-22H2,1-8H3;1-8H;/q2*-1;. The van der Waals surface area contributed by atoms with Crippen molar-refractivity contribution in [3.8, 4) is 0 Å². The molecule has 5 heterocycles. The molecule has 5 aromatic carbocycles. The van der Waals surface area contributed by atoms with E-state index in [0.717, 1.165) is 36.7 Å². The summed E-state index contributed by atoms with van der Waals surface area (Å²) in [6.45, 7) is 21.0. The van der Waals surface area contributed by atoms with E-state index in [1.165, 1.54) is 78.2 Å². The van der Waals surface area contributed by atoms with Crippen molar-refractivity contribution < 1.29 is 22.4 Å². The van der Waals surface area contributed by atoms with Crippen molar-refractivity contribution in [1.29, 1.82) is 0 Å². The van der Waals surface area contributed by atoms with Gasteiger partial charge in [0, 0.05) is 45.6 Å². The number of nitrogens with zero attached hydrogens (tertiary/aromatic N) is 4. The fraction of sp³-hybridized carbons (Fsp3) is 0.308. The van der Waals surface area contributed by atoms with Crippen molar-refractivity contribution >= 4 is 44.6 Å². The molecule has 4 nitrogen and oxygen atoms in total. The van der Waals surface area contributed by atoms with Crippen molar-refractivity contribution in [2.45, 2.75) is 105 Å². The van der Waals surface area contributed by atoms with E-state index >= 15 is 0 Å². The average Bonchev–Trinajstić information content (AvgIpc) is 3.78. The van der Waals surface area contributed by atoms with E-state index in [1.54, 1.807) is 0 Å². The molecule has 0 spiro atoms. The molecule has 5 aliphatic rings. The van der Waals surface area contributed by atoms with Gasteiger partial charge in [0.15, 0.2) is 0 Å². The molecule has 7 aromatic rings. The summed E-state index contributed by atoms with van der Waals surface area (Å²) in [5, 5.41) is 2.50. The number of hydrogen-bond donors (Lipinski definition) is 0. The van der Waals surface area contributed by atoms with Crippen LogP contribution in [0.25, 0.3) is 21.8 Å². The van der Waals surface area contributed by atoms with Crippen LogP contribution in [0.2, 0.25) is 0 Å². The molecule has 4 bridgehead atoms. The third-order valence-corrected chi connectivity index (χ3v) is 11.8. The second kappa shape index (κ2) is 17.1. The molecule has 0 saturated heterocycles. The molecule has 2 aromatic heterocycles. The maximum absolute atomic E-state index is 5.26. The SMILES string of the molecule is CC(C)c1cccc(C(C)C)c1N1[CH-]N(c2c(C(C)C)cccc2C(C)C)c2c3ncc(c21)CCc1ccc(cc1)CC3.[Au].c1ccc2c(c1)[n-]c1ccccc12. The minimum Gasteiger partial charge on any atom is -0.657 e. The van der Waals surface area contributed by atoms with Gasteiger partial charge in [0.2, 0.25) is 0 Å². The Morgan fingerprint density at radius 1 is 0.474 bits per heavy atom. The van der Waals surface area contributed by atoms with E-state index < -0.39 is 0 Å². The Balaban J connectivity index is 0.000000297. The second-order valence-corrected chi connectivity index (χ2v) is 16.9. The summed E-state index contributed by atoms with van der Waals surface area (Å²) in [7, 11) is 0. The predicted molar refractivity (Wildman–Crippen MR) is 238 cm³/mol. The average molecular weight is 934 g/mol. The maximum Gasteiger partial charge on any atom is 0.0639 e. The zero-order chi connectivity index (χ0) is 39.1. The first kappa shape index (κ1) is 40.6. The van der Waals surface area contributed by atoms with Crippen LogP contribution in [0.5, 0.6) is 0 Å². The van der Waals surface area contributed by atoms with Gasteiger partial charge >= 0.3 is 0 Å². The third-order valence-electron chi connectivity index (χ3n) is 11.8. The van der Waals surface area contributed by atoms with E-state index in [-0.39, 0.29) is 22.4 Å². The molecule has 57 heavy (non-hydrogen) atoms. The molecule has 0 fully saturated rings. The Bertz CT molecular complexity index is 2270. The molecule has 0 saturated carbocycles. The van der Waals surface area contributed by atoms with Gasteiger partial charge in [0.05, 0.1) is 11.4 Å². The molecule has 0 amide bonds. The molecule has 12 rings (SSSR count). The molecule has 0 atom stereocenters. The van der Waals surface area contributed by atoms with Crippen molar-refractivity contribution in [1.82, 2.24) is 9.97 Å². The first-order chi connectivity index (χ1) is 27.1. The van der Waals surface area contributed by atoms with Crippen LogP contribution in [0, 0.1) is 6.67 Å². The second-order valence-electron chi connectivity index (χ2n) is 16.9. The van der Waals surface area contributed by atoms with Crippen LogP contribution < -0.4 is 14.8 Å². The number of anilines is 4. The number of rotatable bonds is 6. The van der Waals surface area contributed by atoms with E-state index in [1.807, 2.05) is 12.1 Å². The van der Waals surface area contributed by atoms with Gasteiger partial charge in [-0.1, -0.05) is 165 Å². The molecule has 5 heteroatoms. The van der Waals surface area contributed by atoms with Gasteiger partial charge in [0.1, 0.15) is 0 Å². The number of hydrogen-bond acceptors (Lipinski definition) is 3. The number of pyridine rings is 1. The quantitative estimate of drug-likeness (QED) is 0.123. The molecule has 2 aliphatic carbocycles. The number of aromatic nitrogens is 2. The zero-order valence-electron chi connectivity index (χ0n) is 34.8. The molecule has 0 N–H and O–H groups in total. The van der Waals surface area contributed by atoms with E-state index in [4.69, 9.17) is 4.98 Å². The molecular formula is C52H56AuN4-2. The largest absolute Gasteiger partial charge is 0.657 e. The van der Waals surface area contributed by atoms with E-state index in [9.17, 15) is 0 Å². The summed E-state index contributed by atoms with van der Waals surface area (Å²) in [5.41, 5.74) is 18.3. The van der Waals surface area contributed by atoms with Crippen molar-refractivity contribution in [3.05, 3.63) is 167 Å². The number of aryl methyl sites for hydroxylation is 4. The van der Waals surface area contributed by atoms with Gasteiger partial charge in [-0.25, -0.2) is 0 Å². The summed E-state index contributed by atoms with van der Waals surface area (Å²) in [6, 6.07) is 39.6. The minimum absolute atomic E-state index is 0. The Morgan fingerprint density at radius 2 is 0.895 bits per heavy atom. The molecule has 0 unspecified atom stereocenters. The van der Waals surface area contributed by atoms with Gasteiger partial charge in [-0.15, -0.1) is 17.7 Å². The van der Waals surface area contributed by atoms with Gasteiger partial charge in [-0.3, -0.25) is 4.98 Å². The monoisotopic (exact) mass is 933 g/mol. The zero-order valence-corrected chi connectivity index (χ0v) is 36.9. The van der Waals surface area contributed by atoms with Gasteiger partial charge in [-0.05, 0) is 99.1 Å². The van der Waals surface area contributed by atoms with Crippen LogP contribution in [0.3, 0.4) is 0 Å². The van der Waals surface area contributed by atoms with Gasteiger partial charge < -0.3 is 14.8 Å². The Labute approximate surface area is 356 Å². The predicted octanol–water partition coefficient (Wildman–Crippen LogP) is 13.8. The van der Waals surface area contributed by atoms with Crippen molar-refractivity contribution in [3.63, 3.8) is 0 Å². The topological polar surface area (TPSA) is 33.5 Å². The van der Waals surface area contributed by atoms with E-state index in [2.05, 4.69) is 180 Å².